The summed E-state index contributed by atoms with van der Waals surface area (Å²) >= 11 is 5.84. The molecule has 2 N–H and O–H groups in total. The molecule has 0 amide bonds. The van der Waals surface area contributed by atoms with E-state index in [0.29, 0.717) is 17.6 Å². The van der Waals surface area contributed by atoms with E-state index >= 15 is 0 Å². The Morgan fingerprint density at radius 3 is 2.84 bits per heavy atom. The van der Waals surface area contributed by atoms with Crippen LogP contribution in [0.25, 0.3) is 0 Å². The average molecular weight is 283 g/mol. The van der Waals surface area contributed by atoms with Gasteiger partial charge in [-0.25, -0.2) is 0 Å². The minimum absolute atomic E-state index is 0.464. The van der Waals surface area contributed by atoms with Crippen molar-refractivity contribution in [2.24, 2.45) is 0 Å². The molecule has 1 fully saturated rings. The van der Waals surface area contributed by atoms with Crippen LogP contribution in [0.2, 0.25) is 5.02 Å². The zero-order valence-corrected chi connectivity index (χ0v) is 12.2. The number of halogens is 1. The molecule has 1 aromatic rings. The molecule has 0 aromatic heterocycles. The van der Waals surface area contributed by atoms with Crippen LogP contribution in [0.3, 0.4) is 0 Å². The Balaban J connectivity index is 1.74. The Bertz CT molecular complexity index is 382. The molecule has 4 heteroatoms. The summed E-state index contributed by atoms with van der Waals surface area (Å²) in [4.78, 5) is 2.50. The normalized spacial score (nSPS) is 21.7. The molecule has 0 aliphatic carbocycles. The van der Waals surface area contributed by atoms with Gasteiger partial charge in [0.2, 0.25) is 0 Å². The van der Waals surface area contributed by atoms with Crippen LogP contribution in [-0.4, -0.2) is 42.2 Å². The largest absolute Gasteiger partial charge is 0.387 e. The van der Waals surface area contributed by atoms with Gasteiger partial charge in [0.1, 0.15) is 0 Å². The molecule has 106 valence electrons. The first-order chi connectivity index (χ1) is 9.20. The third kappa shape index (κ3) is 4.18. The lowest BCUT2D eigenvalue weighted by Gasteiger charge is -2.23. The molecular weight excluding hydrogens is 260 g/mol. The summed E-state index contributed by atoms with van der Waals surface area (Å²) in [5.74, 6) is 0. The lowest BCUT2D eigenvalue weighted by Crippen LogP contribution is -2.39. The number of nitrogens with one attached hydrogen (secondary N) is 1. The first-order valence-corrected chi connectivity index (χ1v) is 7.46. The molecule has 19 heavy (non-hydrogen) atoms. The summed E-state index contributed by atoms with van der Waals surface area (Å²) in [6.07, 6.45) is 2.09. The average Bonchev–Trinajstić information content (AvgIpc) is 2.87. The topological polar surface area (TPSA) is 35.5 Å². The first kappa shape index (κ1) is 14.8. The molecule has 0 bridgehead atoms. The second kappa shape index (κ2) is 7.25. The van der Waals surface area contributed by atoms with E-state index in [1.807, 2.05) is 24.3 Å². The molecule has 2 unspecified atom stereocenters. The maximum atomic E-state index is 10.1. The molecule has 0 spiro atoms. The van der Waals surface area contributed by atoms with E-state index in [4.69, 9.17) is 11.6 Å². The molecule has 0 radical (unpaired) electrons. The van der Waals surface area contributed by atoms with Crippen molar-refractivity contribution >= 4 is 11.6 Å². The van der Waals surface area contributed by atoms with Gasteiger partial charge in [-0.15, -0.1) is 0 Å². The lowest BCUT2D eigenvalue weighted by atomic mass is 10.1. The smallest absolute Gasteiger partial charge is 0.0914 e. The monoisotopic (exact) mass is 282 g/mol. The van der Waals surface area contributed by atoms with Crippen molar-refractivity contribution in [3.63, 3.8) is 0 Å². The Morgan fingerprint density at radius 2 is 2.16 bits per heavy atom. The predicted octanol–water partition coefficient (Wildman–Crippen LogP) is 2.45. The maximum absolute atomic E-state index is 10.1. The molecule has 1 saturated heterocycles. The van der Waals surface area contributed by atoms with Crippen LogP contribution in [0.4, 0.5) is 0 Å². The van der Waals surface area contributed by atoms with Crippen LogP contribution in [0.1, 0.15) is 31.4 Å². The van der Waals surface area contributed by atoms with Gasteiger partial charge in [-0.1, -0.05) is 30.7 Å². The van der Waals surface area contributed by atoms with Gasteiger partial charge >= 0.3 is 0 Å². The zero-order chi connectivity index (χ0) is 13.7. The van der Waals surface area contributed by atoms with Crippen molar-refractivity contribution in [2.75, 3.05) is 26.2 Å². The highest BCUT2D eigenvalue weighted by Crippen LogP contribution is 2.17. The first-order valence-electron chi connectivity index (χ1n) is 7.09. The van der Waals surface area contributed by atoms with Gasteiger partial charge in [-0.05, 0) is 43.6 Å². The number of likely N-dealkylation sites (tertiary alicyclic amines) is 1. The highest BCUT2D eigenvalue weighted by Gasteiger charge is 2.22. The molecule has 1 aliphatic heterocycles. The van der Waals surface area contributed by atoms with Crippen molar-refractivity contribution < 1.29 is 5.11 Å². The minimum Gasteiger partial charge on any atom is -0.387 e. The molecule has 1 heterocycles. The van der Waals surface area contributed by atoms with Gasteiger partial charge in [0.05, 0.1) is 6.10 Å². The van der Waals surface area contributed by atoms with Crippen molar-refractivity contribution in [1.29, 1.82) is 0 Å². The Kier molecular flexibility index (Phi) is 5.64. The summed E-state index contributed by atoms with van der Waals surface area (Å²) in [5, 5.41) is 14.2. The third-order valence-corrected chi connectivity index (χ3v) is 4.13. The lowest BCUT2D eigenvalue weighted by molar-refractivity contribution is 0.168. The fourth-order valence-electron chi connectivity index (χ4n) is 2.73. The van der Waals surface area contributed by atoms with E-state index in [9.17, 15) is 5.11 Å². The number of rotatable bonds is 6. The Hall–Kier alpha value is -0.610. The van der Waals surface area contributed by atoms with Crippen molar-refractivity contribution in [3.05, 3.63) is 34.9 Å². The number of likely N-dealkylation sites (N-methyl/N-ethyl adjacent to an activating group) is 1. The number of benzene rings is 1. The van der Waals surface area contributed by atoms with Gasteiger partial charge in [0, 0.05) is 24.2 Å². The van der Waals surface area contributed by atoms with Crippen LogP contribution in [0.5, 0.6) is 0 Å². The maximum Gasteiger partial charge on any atom is 0.0914 e. The van der Waals surface area contributed by atoms with Crippen molar-refractivity contribution in [1.82, 2.24) is 10.2 Å². The Labute approximate surface area is 120 Å². The minimum atomic E-state index is -0.464. The number of hydrogen-bond acceptors (Lipinski definition) is 3. The summed E-state index contributed by atoms with van der Waals surface area (Å²) in [6, 6.07) is 8.01. The van der Waals surface area contributed by atoms with Crippen LogP contribution < -0.4 is 5.32 Å². The summed E-state index contributed by atoms with van der Waals surface area (Å²) in [5.41, 5.74) is 0.913. The van der Waals surface area contributed by atoms with Gasteiger partial charge < -0.3 is 10.4 Å². The molecule has 1 aliphatic rings. The Morgan fingerprint density at radius 1 is 1.42 bits per heavy atom. The fourth-order valence-corrected chi connectivity index (χ4v) is 2.86. The van der Waals surface area contributed by atoms with Gasteiger partial charge in [0.15, 0.2) is 0 Å². The van der Waals surface area contributed by atoms with Crippen molar-refractivity contribution in [2.45, 2.75) is 31.9 Å². The molecular formula is C15H23ClN2O. The van der Waals surface area contributed by atoms with E-state index in [2.05, 4.69) is 17.1 Å². The molecule has 2 rings (SSSR count). The van der Waals surface area contributed by atoms with E-state index in [1.165, 1.54) is 19.4 Å². The summed E-state index contributed by atoms with van der Waals surface area (Å²) < 4.78 is 0. The third-order valence-electron chi connectivity index (χ3n) is 3.88. The van der Waals surface area contributed by atoms with Crippen LogP contribution in [-0.2, 0) is 0 Å². The second-order valence-corrected chi connectivity index (χ2v) is 5.59. The van der Waals surface area contributed by atoms with E-state index < -0.39 is 6.10 Å². The molecule has 3 nitrogen and oxygen atoms in total. The summed E-state index contributed by atoms with van der Waals surface area (Å²) in [6.45, 7) is 6.09. The van der Waals surface area contributed by atoms with Gasteiger partial charge in [0.25, 0.3) is 0 Å². The molecule has 2 atom stereocenters. The van der Waals surface area contributed by atoms with Crippen LogP contribution >= 0.6 is 11.6 Å². The number of hydrogen-bond donors (Lipinski definition) is 2. The summed E-state index contributed by atoms with van der Waals surface area (Å²) in [7, 11) is 0. The number of aliphatic hydroxyl groups excluding tert-OH is 1. The quantitative estimate of drug-likeness (QED) is 0.841. The van der Waals surface area contributed by atoms with Gasteiger partial charge in [-0.2, -0.15) is 0 Å². The van der Waals surface area contributed by atoms with E-state index in [1.54, 1.807) is 0 Å². The highest BCUT2D eigenvalue weighted by atomic mass is 35.5. The highest BCUT2D eigenvalue weighted by molar-refractivity contribution is 6.30. The number of aliphatic hydroxyl groups is 1. The predicted molar refractivity (Wildman–Crippen MR) is 79.6 cm³/mol. The van der Waals surface area contributed by atoms with Crippen LogP contribution in [0, 0.1) is 0 Å². The van der Waals surface area contributed by atoms with Gasteiger partial charge in [-0.3, -0.25) is 4.90 Å². The second-order valence-electron chi connectivity index (χ2n) is 5.15. The number of nitrogens with zero attached hydrogens (tertiary/aromatic N) is 1. The SMILES string of the molecule is CCN1CCCC1CNCC(O)c1ccc(Cl)cc1. The van der Waals surface area contributed by atoms with E-state index in [-0.39, 0.29) is 0 Å². The van der Waals surface area contributed by atoms with Crippen molar-refractivity contribution in [3.8, 4) is 0 Å². The zero-order valence-electron chi connectivity index (χ0n) is 11.5. The fraction of sp³-hybridized carbons (Fsp3) is 0.600. The molecule has 0 saturated carbocycles. The standard InChI is InChI=1S/C15H23ClN2O/c1-2-18-9-3-4-14(18)10-17-11-15(19)12-5-7-13(16)8-6-12/h5-8,14-15,17,19H,2-4,9-11H2,1H3. The van der Waals surface area contributed by atoms with E-state index in [0.717, 1.165) is 18.7 Å². The molecule has 1 aromatic carbocycles. The van der Waals surface area contributed by atoms with Crippen LogP contribution in [0.15, 0.2) is 24.3 Å².